The number of nitrogens with one attached hydrogen (secondary N) is 1. The molecular weight excluding hydrogens is 390 g/mol. The fourth-order valence-electron chi connectivity index (χ4n) is 3.91. The van der Waals surface area contributed by atoms with Crippen molar-refractivity contribution in [3.8, 4) is 11.5 Å². The van der Waals surface area contributed by atoms with Crippen molar-refractivity contribution in [3.05, 3.63) is 66.1 Å². The summed E-state index contributed by atoms with van der Waals surface area (Å²) in [5.41, 5.74) is 2.99. The number of aryl methyl sites for hydroxylation is 1. The number of carbonyl (C=O) groups excluding carboxylic acids is 1. The van der Waals surface area contributed by atoms with Crippen LogP contribution in [-0.4, -0.2) is 58.6 Å². The van der Waals surface area contributed by atoms with E-state index in [0.717, 1.165) is 49.4 Å². The Morgan fingerprint density at radius 1 is 1.03 bits per heavy atom. The molecular formula is C24H29N5O2. The molecule has 4 rings (SSSR count). The second-order valence-corrected chi connectivity index (χ2v) is 7.86. The lowest BCUT2D eigenvalue weighted by molar-refractivity contribution is -0.117. The van der Waals surface area contributed by atoms with Crippen molar-refractivity contribution in [3.63, 3.8) is 0 Å². The van der Waals surface area contributed by atoms with E-state index in [0.29, 0.717) is 18.3 Å². The van der Waals surface area contributed by atoms with Crippen LogP contribution in [0.5, 0.6) is 0 Å². The molecule has 0 radical (unpaired) electrons. The minimum Gasteiger partial charge on any atom is -0.419 e. The molecule has 1 unspecified atom stereocenters. The van der Waals surface area contributed by atoms with Gasteiger partial charge in [0.25, 0.3) is 0 Å². The first-order valence-corrected chi connectivity index (χ1v) is 10.9. The molecule has 1 fully saturated rings. The number of hydrogen-bond acceptors (Lipinski definition) is 6. The number of benzene rings is 2. The van der Waals surface area contributed by atoms with Crippen LogP contribution in [0.4, 0.5) is 5.69 Å². The average Bonchev–Trinajstić information content (AvgIpc) is 3.30. The monoisotopic (exact) mass is 419 g/mol. The standard InChI is InChI=1S/C24H29N5O2/c1-3-19-9-7-8-12-21(19)25-22(30)17-28-13-15-29(16-14-28)18(2)23-26-27-24(31-23)20-10-5-4-6-11-20/h4-12,18H,3,13-17H2,1-2H3,(H,25,30). The van der Waals surface area contributed by atoms with Crippen molar-refractivity contribution in [1.82, 2.24) is 20.0 Å². The molecule has 7 heteroatoms. The molecule has 1 aliphatic heterocycles. The van der Waals surface area contributed by atoms with Gasteiger partial charge in [-0.15, -0.1) is 10.2 Å². The zero-order valence-electron chi connectivity index (χ0n) is 18.1. The van der Waals surface area contributed by atoms with Gasteiger partial charge in [-0.05, 0) is 37.1 Å². The predicted octanol–water partition coefficient (Wildman–Crippen LogP) is 3.62. The van der Waals surface area contributed by atoms with E-state index in [4.69, 9.17) is 4.42 Å². The molecule has 0 saturated carbocycles. The van der Waals surface area contributed by atoms with Crippen molar-refractivity contribution in [1.29, 1.82) is 0 Å². The third-order valence-electron chi connectivity index (χ3n) is 5.81. The third-order valence-corrected chi connectivity index (χ3v) is 5.81. The largest absolute Gasteiger partial charge is 0.419 e. The van der Waals surface area contributed by atoms with Crippen molar-refractivity contribution < 1.29 is 9.21 Å². The van der Waals surface area contributed by atoms with Gasteiger partial charge >= 0.3 is 0 Å². The van der Waals surface area contributed by atoms with E-state index in [1.165, 1.54) is 0 Å². The van der Waals surface area contributed by atoms with Gasteiger partial charge < -0.3 is 9.73 Å². The van der Waals surface area contributed by atoms with E-state index < -0.39 is 0 Å². The highest BCUT2D eigenvalue weighted by Gasteiger charge is 2.26. The SMILES string of the molecule is CCc1ccccc1NC(=O)CN1CCN(C(C)c2nnc(-c3ccccc3)o2)CC1. The van der Waals surface area contributed by atoms with E-state index in [1.807, 2.05) is 48.5 Å². The lowest BCUT2D eigenvalue weighted by atomic mass is 10.1. The maximum atomic E-state index is 12.5. The number of hydrogen-bond donors (Lipinski definition) is 1. The van der Waals surface area contributed by atoms with E-state index in [1.54, 1.807) is 0 Å². The summed E-state index contributed by atoms with van der Waals surface area (Å²) in [6.45, 7) is 7.94. The Kier molecular flexibility index (Phi) is 6.74. The first-order chi connectivity index (χ1) is 15.1. The van der Waals surface area contributed by atoms with Crippen LogP contribution in [0.1, 0.15) is 31.3 Å². The van der Waals surface area contributed by atoms with Crippen LogP contribution in [0.3, 0.4) is 0 Å². The Bertz CT molecular complexity index is 996. The second-order valence-electron chi connectivity index (χ2n) is 7.86. The zero-order valence-corrected chi connectivity index (χ0v) is 18.1. The van der Waals surface area contributed by atoms with E-state index in [2.05, 4.69) is 45.2 Å². The number of rotatable bonds is 7. The summed E-state index contributed by atoms with van der Waals surface area (Å²) in [7, 11) is 0. The highest BCUT2D eigenvalue weighted by atomic mass is 16.4. The van der Waals surface area contributed by atoms with Crippen molar-refractivity contribution >= 4 is 11.6 Å². The summed E-state index contributed by atoms with van der Waals surface area (Å²) >= 11 is 0. The molecule has 0 aliphatic carbocycles. The molecule has 1 atom stereocenters. The second kappa shape index (κ2) is 9.85. The van der Waals surface area contributed by atoms with Crippen molar-refractivity contribution in [2.45, 2.75) is 26.3 Å². The van der Waals surface area contributed by atoms with Crippen LogP contribution < -0.4 is 5.32 Å². The van der Waals surface area contributed by atoms with Gasteiger partial charge in [-0.3, -0.25) is 14.6 Å². The number of para-hydroxylation sites is 1. The van der Waals surface area contributed by atoms with Gasteiger partial charge in [-0.1, -0.05) is 43.3 Å². The Hall–Kier alpha value is -3.03. The van der Waals surface area contributed by atoms with Crippen LogP contribution in [0.2, 0.25) is 0 Å². The van der Waals surface area contributed by atoms with Crippen LogP contribution in [0, 0.1) is 0 Å². The summed E-state index contributed by atoms with van der Waals surface area (Å²) in [4.78, 5) is 17.0. The molecule has 3 aromatic rings. The molecule has 1 aromatic heterocycles. The first kappa shape index (κ1) is 21.2. The Morgan fingerprint density at radius 3 is 2.48 bits per heavy atom. The Morgan fingerprint density at radius 2 is 1.74 bits per heavy atom. The highest BCUT2D eigenvalue weighted by molar-refractivity contribution is 5.93. The molecule has 31 heavy (non-hydrogen) atoms. The summed E-state index contributed by atoms with van der Waals surface area (Å²) in [6, 6.07) is 17.8. The van der Waals surface area contributed by atoms with Crippen LogP contribution >= 0.6 is 0 Å². The molecule has 2 heterocycles. The summed E-state index contributed by atoms with van der Waals surface area (Å²) in [5.74, 6) is 1.21. The fourth-order valence-corrected chi connectivity index (χ4v) is 3.91. The summed E-state index contributed by atoms with van der Waals surface area (Å²) in [6.07, 6.45) is 0.897. The molecule has 2 aromatic carbocycles. The maximum Gasteiger partial charge on any atom is 0.247 e. The number of carbonyl (C=O) groups is 1. The molecule has 1 N–H and O–H groups in total. The van der Waals surface area contributed by atoms with Crippen LogP contribution in [0.25, 0.3) is 11.5 Å². The molecule has 1 aliphatic rings. The van der Waals surface area contributed by atoms with E-state index >= 15 is 0 Å². The number of aromatic nitrogens is 2. The van der Waals surface area contributed by atoms with E-state index in [9.17, 15) is 4.79 Å². The molecule has 162 valence electrons. The summed E-state index contributed by atoms with van der Waals surface area (Å²) < 4.78 is 5.92. The number of anilines is 1. The number of nitrogens with zero attached hydrogens (tertiary/aromatic N) is 4. The van der Waals surface area contributed by atoms with Gasteiger partial charge in [-0.25, -0.2) is 0 Å². The lowest BCUT2D eigenvalue weighted by Gasteiger charge is -2.36. The first-order valence-electron chi connectivity index (χ1n) is 10.9. The summed E-state index contributed by atoms with van der Waals surface area (Å²) in [5, 5.41) is 11.5. The Balaban J connectivity index is 1.28. The normalized spacial score (nSPS) is 16.2. The minimum atomic E-state index is 0.0341. The van der Waals surface area contributed by atoms with Crippen molar-refractivity contribution in [2.24, 2.45) is 0 Å². The minimum absolute atomic E-state index is 0.0341. The fraction of sp³-hybridized carbons (Fsp3) is 0.375. The number of piperazine rings is 1. The number of amides is 1. The van der Waals surface area contributed by atoms with Crippen LogP contribution in [-0.2, 0) is 11.2 Å². The molecule has 7 nitrogen and oxygen atoms in total. The topological polar surface area (TPSA) is 74.5 Å². The zero-order chi connectivity index (χ0) is 21.6. The van der Waals surface area contributed by atoms with Gasteiger partial charge in [0.15, 0.2) is 0 Å². The molecule has 0 spiro atoms. The van der Waals surface area contributed by atoms with E-state index in [-0.39, 0.29) is 11.9 Å². The molecule has 1 amide bonds. The highest BCUT2D eigenvalue weighted by Crippen LogP contribution is 2.24. The lowest BCUT2D eigenvalue weighted by Crippen LogP contribution is -2.49. The molecule has 1 saturated heterocycles. The smallest absolute Gasteiger partial charge is 0.247 e. The maximum absolute atomic E-state index is 12.5. The predicted molar refractivity (Wildman–Crippen MR) is 121 cm³/mol. The molecule has 0 bridgehead atoms. The Labute approximate surface area is 183 Å². The van der Waals surface area contributed by atoms with Gasteiger partial charge in [0.1, 0.15) is 0 Å². The van der Waals surface area contributed by atoms with Gasteiger partial charge in [-0.2, -0.15) is 0 Å². The van der Waals surface area contributed by atoms with Crippen LogP contribution in [0.15, 0.2) is 59.0 Å². The third kappa shape index (κ3) is 5.18. The van der Waals surface area contributed by atoms with Gasteiger partial charge in [0.05, 0.1) is 12.6 Å². The van der Waals surface area contributed by atoms with Gasteiger partial charge in [0.2, 0.25) is 17.7 Å². The quantitative estimate of drug-likeness (QED) is 0.631. The van der Waals surface area contributed by atoms with Crippen molar-refractivity contribution in [2.75, 3.05) is 38.0 Å². The van der Waals surface area contributed by atoms with Gasteiger partial charge in [0, 0.05) is 37.4 Å². The average molecular weight is 420 g/mol.